The quantitative estimate of drug-likeness (QED) is 0.653. The van der Waals surface area contributed by atoms with Crippen molar-refractivity contribution in [2.24, 2.45) is 0 Å². The zero-order valence-corrected chi connectivity index (χ0v) is 13.9. The molecule has 0 aromatic heterocycles. The molecule has 3 aliphatic heterocycles. The number of hydrogen-bond acceptors (Lipinski definition) is 7. The van der Waals surface area contributed by atoms with Crippen molar-refractivity contribution in [1.29, 1.82) is 0 Å². The largest absolute Gasteiger partial charge is 0.446 e. The fraction of sp³-hybridized carbons (Fsp3) is 0.350. The molecular formula is C20H14O7. The van der Waals surface area contributed by atoms with Gasteiger partial charge >= 0.3 is 5.79 Å². The van der Waals surface area contributed by atoms with Crippen molar-refractivity contribution in [1.82, 2.24) is 0 Å². The number of aliphatic hydroxyl groups is 2. The van der Waals surface area contributed by atoms with Crippen LogP contribution in [0.5, 0.6) is 11.5 Å². The topological polar surface area (TPSA) is 101 Å². The Labute approximate surface area is 152 Å². The van der Waals surface area contributed by atoms with Crippen LogP contribution < -0.4 is 9.47 Å². The fourth-order valence-corrected chi connectivity index (χ4v) is 5.30. The summed E-state index contributed by atoms with van der Waals surface area (Å²) in [6.07, 6.45) is -1.05. The number of fused-ring (bicyclic) bond motifs is 2. The zero-order chi connectivity index (χ0) is 18.2. The summed E-state index contributed by atoms with van der Waals surface area (Å²) in [7, 11) is 0. The first-order valence-corrected chi connectivity index (χ1v) is 8.89. The molecule has 2 aliphatic carbocycles. The molecular weight excluding hydrogens is 352 g/mol. The Kier molecular flexibility index (Phi) is 2.17. The maximum absolute atomic E-state index is 13.0. The van der Waals surface area contributed by atoms with Crippen LogP contribution in [0.25, 0.3) is 10.8 Å². The lowest BCUT2D eigenvalue weighted by molar-refractivity contribution is -0.191. The van der Waals surface area contributed by atoms with Gasteiger partial charge in [0, 0.05) is 0 Å². The van der Waals surface area contributed by atoms with Gasteiger partial charge in [-0.15, -0.1) is 0 Å². The highest BCUT2D eigenvalue weighted by Crippen LogP contribution is 2.71. The van der Waals surface area contributed by atoms with Gasteiger partial charge in [-0.25, -0.2) is 0 Å². The number of epoxide rings is 2. The van der Waals surface area contributed by atoms with Crippen molar-refractivity contribution in [2.75, 3.05) is 0 Å². The number of carbonyl (C=O) groups excluding carboxylic acids is 1. The van der Waals surface area contributed by atoms with Crippen LogP contribution >= 0.6 is 0 Å². The van der Waals surface area contributed by atoms with Gasteiger partial charge in [-0.2, -0.15) is 0 Å². The van der Waals surface area contributed by atoms with Crippen LogP contribution in [0.4, 0.5) is 0 Å². The van der Waals surface area contributed by atoms with E-state index in [2.05, 4.69) is 0 Å². The first-order valence-electron chi connectivity index (χ1n) is 8.89. The van der Waals surface area contributed by atoms with Crippen LogP contribution in [0.15, 0.2) is 48.6 Å². The molecule has 3 heterocycles. The molecule has 1 spiro atoms. The smallest absolute Gasteiger partial charge is 0.320 e. The van der Waals surface area contributed by atoms with Crippen LogP contribution in [0.2, 0.25) is 0 Å². The van der Waals surface area contributed by atoms with Gasteiger partial charge in [0.05, 0.1) is 5.39 Å². The van der Waals surface area contributed by atoms with E-state index in [1.54, 1.807) is 12.1 Å². The molecule has 1 saturated carbocycles. The van der Waals surface area contributed by atoms with E-state index in [-0.39, 0.29) is 0 Å². The third-order valence-electron chi connectivity index (χ3n) is 6.54. The monoisotopic (exact) mass is 366 g/mol. The van der Waals surface area contributed by atoms with Crippen molar-refractivity contribution >= 4 is 16.6 Å². The first-order chi connectivity index (χ1) is 13.1. The summed E-state index contributed by atoms with van der Waals surface area (Å²) in [4.78, 5) is 13.0. The lowest BCUT2D eigenvalue weighted by Gasteiger charge is -2.45. The van der Waals surface area contributed by atoms with Gasteiger partial charge in [-0.05, 0) is 29.7 Å². The van der Waals surface area contributed by atoms with E-state index in [9.17, 15) is 15.0 Å². The molecule has 7 heteroatoms. The Morgan fingerprint density at radius 1 is 1.00 bits per heavy atom. The average Bonchev–Trinajstić information content (AvgIpc) is 3.57. The number of rotatable bonds is 0. The second-order valence-electron chi connectivity index (χ2n) is 7.69. The highest BCUT2D eigenvalue weighted by atomic mass is 16.8. The minimum absolute atomic E-state index is 0.410. The Bertz CT molecular complexity index is 1050. The van der Waals surface area contributed by atoms with E-state index in [1.807, 2.05) is 24.3 Å². The summed E-state index contributed by atoms with van der Waals surface area (Å²) in [5.41, 5.74) is -3.20. The summed E-state index contributed by atoms with van der Waals surface area (Å²) in [6, 6.07) is 11.2. The number of benzene rings is 2. The minimum atomic E-state index is -1.67. The summed E-state index contributed by atoms with van der Waals surface area (Å²) in [6.45, 7) is 0. The Morgan fingerprint density at radius 2 is 1.70 bits per heavy atom. The average molecular weight is 366 g/mol. The van der Waals surface area contributed by atoms with Crippen LogP contribution in [-0.4, -0.2) is 57.4 Å². The second kappa shape index (κ2) is 4.02. The zero-order valence-electron chi connectivity index (χ0n) is 13.9. The van der Waals surface area contributed by atoms with E-state index >= 15 is 0 Å². The van der Waals surface area contributed by atoms with E-state index in [4.69, 9.17) is 18.9 Å². The molecule has 27 heavy (non-hydrogen) atoms. The standard InChI is InChI=1S/C20H14O7/c21-12-7-8-13(22)19-18(12,27-19)16(23)15-17(24-15)20(19)25-10-5-1-3-9-4-2-6-11(26-20)14(9)10/h1-8,12,15-17,21,23H/t12-,15+,16-,17+,18-,19-/m1/s1. The van der Waals surface area contributed by atoms with Crippen LogP contribution in [0.1, 0.15) is 0 Å². The van der Waals surface area contributed by atoms with Gasteiger partial charge < -0.3 is 29.2 Å². The van der Waals surface area contributed by atoms with Crippen LogP contribution in [0, 0.1) is 0 Å². The molecule has 2 saturated heterocycles. The fourth-order valence-electron chi connectivity index (χ4n) is 5.30. The molecule has 2 aromatic rings. The van der Waals surface area contributed by atoms with Gasteiger partial charge in [0.1, 0.15) is 29.8 Å². The molecule has 7 rings (SSSR count). The third kappa shape index (κ3) is 1.28. The lowest BCUT2D eigenvalue weighted by atomic mass is 9.66. The van der Waals surface area contributed by atoms with Crippen LogP contribution in [0.3, 0.4) is 0 Å². The molecule has 7 nitrogen and oxygen atoms in total. The second-order valence-corrected chi connectivity index (χ2v) is 7.69. The number of ether oxygens (including phenoxy) is 4. The van der Waals surface area contributed by atoms with Gasteiger partial charge in [-0.3, -0.25) is 4.79 Å². The molecule has 6 atom stereocenters. The van der Waals surface area contributed by atoms with Gasteiger partial charge in [-0.1, -0.05) is 24.3 Å². The van der Waals surface area contributed by atoms with Crippen molar-refractivity contribution in [3.05, 3.63) is 48.6 Å². The summed E-state index contributed by atoms with van der Waals surface area (Å²) >= 11 is 0. The predicted octanol–water partition coefficient (Wildman–Crippen LogP) is 0.457. The van der Waals surface area contributed by atoms with Gasteiger partial charge in [0.15, 0.2) is 17.5 Å². The maximum Gasteiger partial charge on any atom is 0.320 e. The van der Waals surface area contributed by atoms with Crippen molar-refractivity contribution < 1.29 is 34.0 Å². The molecule has 5 aliphatic rings. The van der Waals surface area contributed by atoms with Crippen molar-refractivity contribution in [3.8, 4) is 11.5 Å². The van der Waals surface area contributed by atoms with E-state index in [1.165, 1.54) is 12.2 Å². The van der Waals surface area contributed by atoms with E-state index in [0.717, 1.165) is 10.8 Å². The normalized spacial score (nSPS) is 44.0. The highest BCUT2D eigenvalue weighted by Gasteiger charge is 2.99. The minimum Gasteiger partial charge on any atom is -0.446 e. The van der Waals surface area contributed by atoms with E-state index in [0.29, 0.717) is 11.5 Å². The Morgan fingerprint density at radius 3 is 2.41 bits per heavy atom. The molecule has 0 unspecified atom stereocenters. The molecule has 2 aromatic carbocycles. The van der Waals surface area contributed by atoms with Crippen LogP contribution in [-0.2, 0) is 14.3 Å². The summed E-state index contributed by atoms with van der Waals surface area (Å²) in [5, 5.41) is 23.1. The molecule has 0 bridgehead atoms. The molecule has 0 amide bonds. The molecule has 0 radical (unpaired) electrons. The Balaban J connectivity index is 1.50. The van der Waals surface area contributed by atoms with Gasteiger partial charge in [0.25, 0.3) is 0 Å². The van der Waals surface area contributed by atoms with Crippen molar-refractivity contribution in [3.63, 3.8) is 0 Å². The molecule has 136 valence electrons. The van der Waals surface area contributed by atoms with Crippen molar-refractivity contribution in [2.45, 2.75) is 41.4 Å². The predicted molar refractivity (Wildman–Crippen MR) is 89.3 cm³/mol. The summed E-state index contributed by atoms with van der Waals surface area (Å²) in [5.74, 6) is -0.916. The number of aliphatic hydroxyl groups excluding tert-OH is 2. The molecule has 2 N–H and O–H groups in total. The number of hydrogen-bond donors (Lipinski definition) is 2. The van der Waals surface area contributed by atoms with E-state index < -0.39 is 47.2 Å². The number of ketones is 1. The maximum atomic E-state index is 13.0. The lowest BCUT2D eigenvalue weighted by Crippen LogP contribution is -2.73. The molecule has 3 fully saturated rings. The van der Waals surface area contributed by atoms with Gasteiger partial charge in [0.2, 0.25) is 5.60 Å². The number of carbonyl (C=O) groups is 1. The Hall–Kier alpha value is -2.45. The summed E-state index contributed by atoms with van der Waals surface area (Å²) < 4.78 is 24.2. The SMILES string of the molecule is O=C1C=C[C@@H](O)[C@]23O[C@]12C1(Oc2cccc4cccc(c24)O1)[C@H]1O[C@H]1[C@H]3O. The highest BCUT2D eigenvalue weighted by molar-refractivity contribution is 6.05. The third-order valence-corrected chi connectivity index (χ3v) is 6.54. The first kappa shape index (κ1) is 14.6.